The summed E-state index contributed by atoms with van der Waals surface area (Å²) in [6, 6.07) is 27.4. The Bertz CT molecular complexity index is 1640. The Morgan fingerprint density at radius 3 is 2.59 bits per heavy atom. The van der Waals surface area contributed by atoms with Gasteiger partial charge in [0.1, 0.15) is 5.82 Å². The molecule has 0 spiro atoms. The molecule has 2 aliphatic rings. The third-order valence-electron chi connectivity index (χ3n) is 7.56. The number of para-hydroxylation sites is 2. The molecule has 0 amide bonds. The summed E-state index contributed by atoms with van der Waals surface area (Å²) in [5.74, 6) is 2.39. The van der Waals surface area contributed by atoms with Crippen LogP contribution in [0.5, 0.6) is 0 Å². The van der Waals surface area contributed by atoms with Gasteiger partial charge in [-0.05, 0) is 54.3 Å². The summed E-state index contributed by atoms with van der Waals surface area (Å²) >= 11 is 0. The van der Waals surface area contributed by atoms with Gasteiger partial charge in [0.05, 0.1) is 29.8 Å². The van der Waals surface area contributed by atoms with Gasteiger partial charge in [0.2, 0.25) is 5.89 Å². The standard InChI is InChI=1S/C33H29N5O/c1-2-7-24(8-3-1)31-20-35-33(39-31)25-14-12-23(13-15-25)21-38(22-32-36-29-10-4-5-11-30(29)37-32)27-16-17-28-26(19-27)9-6-18-34-28/h1-15,18-20,27-28H,16-17,21-22H2,(H,36,37). The van der Waals surface area contributed by atoms with Crippen molar-refractivity contribution in [3.05, 3.63) is 120 Å². The summed E-state index contributed by atoms with van der Waals surface area (Å²) in [4.78, 5) is 20.1. The Balaban J connectivity index is 1.14. The highest BCUT2D eigenvalue weighted by molar-refractivity contribution is 5.75. The van der Waals surface area contributed by atoms with E-state index in [4.69, 9.17) is 9.40 Å². The van der Waals surface area contributed by atoms with Crippen LogP contribution in [0.1, 0.15) is 24.2 Å². The number of aromatic nitrogens is 3. The number of nitrogens with zero attached hydrogens (tertiary/aromatic N) is 4. The molecule has 39 heavy (non-hydrogen) atoms. The number of H-pyrrole nitrogens is 1. The maximum Gasteiger partial charge on any atom is 0.226 e. The predicted octanol–water partition coefficient (Wildman–Crippen LogP) is 6.99. The highest BCUT2D eigenvalue weighted by Gasteiger charge is 2.27. The number of aromatic amines is 1. The van der Waals surface area contributed by atoms with E-state index in [-0.39, 0.29) is 0 Å². The zero-order chi connectivity index (χ0) is 26.0. The maximum atomic E-state index is 6.07. The Kier molecular flexibility index (Phi) is 6.23. The molecule has 0 bridgehead atoms. The minimum Gasteiger partial charge on any atom is -0.436 e. The van der Waals surface area contributed by atoms with Crippen molar-refractivity contribution < 1.29 is 4.42 Å². The van der Waals surface area contributed by atoms with Gasteiger partial charge in [-0.1, -0.05) is 66.7 Å². The first-order chi connectivity index (χ1) is 19.3. The summed E-state index contributed by atoms with van der Waals surface area (Å²) in [6.07, 6.45) is 12.5. The first-order valence-electron chi connectivity index (χ1n) is 13.5. The molecule has 1 aliphatic heterocycles. The lowest BCUT2D eigenvalue weighted by atomic mass is 9.89. The largest absolute Gasteiger partial charge is 0.436 e. The summed E-state index contributed by atoms with van der Waals surface area (Å²) in [5.41, 5.74) is 6.63. The van der Waals surface area contributed by atoms with Crippen LogP contribution in [0, 0.1) is 0 Å². The quantitative estimate of drug-likeness (QED) is 0.256. The molecule has 3 aromatic carbocycles. The van der Waals surface area contributed by atoms with E-state index in [2.05, 4.69) is 68.4 Å². The average molecular weight is 512 g/mol. The van der Waals surface area contributed by atoms with Crippen LogP contribution in [0.4, 0.5) is 0 Å². The second-order valence-electron chi connectivity index (χ2n) is 10.2. The SMILES string of the molecule is C1=CC2=CC(N(Cc3ccc(-c4ncc(-c5ccccc5)o4)cc3)Cc3nc4ccccc4[nH]3)CCC2N=C1. The van der Waals surface area contributed by atoms with E-state index in [0.29, 0.717) is 18.0 Å². The van der Waals surface area contributed by atoms with Crippen molar-refractivity contribution in [3.8, 4) is 22.8 Å². The second-order valence-corrected chi connectivity index (χ2v) is 10.2. The smallest absolute Gasteiger partial charge is 0.226 e. The van der Waals surface area contributed by atoms with Gasteiger partial charge in [-0.2, -0.15) is 0 Å². The molecule has 0 saturated carbocycles. The van der Waals surface area contributed by atoms with Crippen molar-refractivity contribution in [2.75, 3.05) is 0 Å². The number of oxazole rings is 1. The third kappa shape index (κ3) is 4.99. The van der Waals surface area contributed by atoms with Crippen molar-refractivity contribution in [2.45, 2.75) is 38.0 Å². The van der Waals surface area contributed by atoms with Crippen LogP contribution in [0.2, 0.25) is 0 Å². The average Bonchev–Trinajstić information content (AvgIpc) is 3.65. The van der Waals surface area contributed by atoms with Crippen molar-refractivity contribution in [1.29, 1.82) is 0 Å². The summed E-state index contributed by atoms with van der Waals surface area (Å²) in [5, 5.41) is 0. The van der Waals surface area contributed by atoms with Crippen molar-refractivity contribution in [2.24, 2.45) is 4.99 Å². The Hall–Kier alpha value is -4.55. The zero-order valence-corrected chi connectivity index (χ0v) is 21.6. The van der Waals surface area contributed by atoms with Crippen LogP contribution >= 0.6 is 0 Å². The van der Waals surface area contributed by atoms with Gasteiger partial charge >= 0.3 is 0 Å². The molecular weight excluding hydrogens is 482 g/mol. The molecule has 7 rings (SSSR count). The summed E-state index contributed by atoms with van der Waals surface area (Å²) in [7, 11) is 0. The number of allylic oxidation sites excluding steroid dienone is 1. The van der Waals surface area contributed by atoms with Gasteiger partial charge in [0.25, 0.3) is 0 Å². The minimum absolute atomic E-state index is 0.292. The highest BCUT2D eigenvalue weighted by Crippen LogP contribution is 2.30. The number of fused-ring (bicyclic) bond motifs is 2. The summed E-state index contributed by atoms with van der Waals surface area (Å²) in [6.45, 7) is 1.55. The molecule has 0 radical (unpaired) electrons. The minimum atomic E-state index is 0.292. The fraction of sp³-hybridized carbons (Fsp3) is 0.182. The van der Waals surface area contributed by atoms with E-state index >= 15 is 0 Å². The maximum absolute atomic E-state index is 6.07. The number of rotatable bonds is 7. The zero-order valence-electron chi connectivity index (χ0n) is 21.6. The number of dihydropyridines is 1. The van der Waals surface area contributed by atoms with E-state index < -0.39 is 0 Å². The molecule has 0 saturated heterocycles. The van der Waals surface area contributed by atoms with E-state index in [9.17, 15) is 0 Å². The molecule has 192 valence electrons. The Labute approximate surface area is 227 Å². The van der Waals surface area contributed by atoms with E-state index in [1.807, 2.05) is 54.8 Å². The molecule has 5 aromatic rings. The lowest BCUT2D eigenvalue weighted by Crippen LogP contribution is -2.37. The van der Waals surface area contributed by atoms with E-state index in [0.717, 1.165) is 59.7 Å². The first-order valence-corrected chi connectivity index (χ1v) is 13.5. The van der Waals surface area contributed by atoms with Crippen LogP contribution < -0.4 is 0 Å². The molecule has 2 atom stereocenters. The van der Waals surface area contributed by atoms with Gasteiger partial charge in [-0.15, -0.1) is 0 Å². The molecule has 2 aromatic heterocycles. The Morgan fingerprint density at radius 1 is 0.872 bits per heavy atom. The van der Waals surface area contributed by atoms with E-state index in [1.165, 1.54) is 11.1 Å². The second kappa shape index (κ2) is 10.3. The molecule has 3 heterocycles. The highest BCUT2D eigenvalue weighted by atomic mass is 16.4. The predicted molar refractivity (Wildman–Crippen MR) is 155 cm³/mol. The topological polar surface area (TPSA) is 70.3 Å². The molecule has 6 heteroatoms. The van der Waals surface area contributed by atoms with Gasteiger partial charge in [-0.25, -0.2) is 9.97 Å². The van der Waals surface area contributed by atoms with Gasteiger partial charge in [-0.3, -0.25) is 9.89 Å². The van der Waals surface area contributed by atoms with Gasteiger partial charge in [0.15, 0.2) is 5.76 Å². The monoisotopic (exact) mass is 511 g/mol. The van der Waals surface area contributed by atoms with Crippen LogP contribution in [0.3, 0.4) is 0 Å². The number of hydrogen-bond donors (Lipinski definition) is 1. The third-order valence-corrected chi connectivity index (χ3v) is 7.56. The number of aliphatic imine (C=N–C) groups is 1. The number of nitrogens with one attached hydrogen (secondary N) is 1. The fourth-order valence-corrected chi connectivity index (χ4v) is 5.53. The van der Waals surface area contributed by atoms with Crippen molar-refractivity contribution in [1.82, 2.24) is 19.9 Å². The van der Waals surface area contributed by atoms with E-state index in [1.54, 1.807) is 6.20 Å². The molecule has 1 aliphatic carbocycles. The number of imidazole rings is 1. The molecule has 1 N–H and O–H groups in total. The van der Waals surface area contributed by atoms with Crippen LogP contribution in [-0.2, 0) is 13.1 Å². The van der Waals surface area contributed by atoms with Gasteiger partial charge < -0.3 is 9.40 Å². The molecular formula is C33H29N5O. The molecule has 2 unspecified atom stereocenters. The first kappa shape index (κ1) is 23.6. The normalized spacial score (nSPS) is 18.4. The van der Waals surface area contributed by atoms with Crippen LogP contribution in [0.25, 0.3) is 33.8 Å². The lowest BCUT2D eigenvalue weighted by Gasteiger charge is -2.34. The fourth-order valence-electron chi connectivity index (χ4n) is 5.53. The van der Waals surface area contributed by atoms with Gasteiger partial charge in [0, 0.05) is 29.9 Å². The number of benzene rings is 3. The summed E-state index contributed by atoms with van der Waals surface area (Å²) < 4.78 is 6.07. The van der Waals surface area contributed by atoms with Crippen LogP contribution in [-0.4, -0.2) is 38.2 Å². The number of hydrogen-bond acceptors (Lipinski definition) is 5. The van der Waals surface area contributed by atoms with Crippen LogP contribution in [0.15, 0.2) is 118 Å². The van der Waals surface area contributed by atoms with Crippen molar-refractivity contribution >= 4 is 17.2 Å². The van der Waals surface area contributed by atoms with Crippen molar-refractivity contribution in [3.63, 3.8) is 0 Å². The molecule has 0 fully saturated rings. The molecule has 6 nitrogen and oxygen atoms in total. The Morgan fingerprint density at radius 2 is 1.72 bits per heavy atom. The lowest BCUT2D eigenvalue weighted by molar-refractivity contribution is 0.188.